The Morgan fingerprint density at radius 2 is 1.94 bits per heavy atom. The molecule has 2 heterocycles. The molecule has 1 saturated heterocycles. The van der Waals surface area contributed by atoms with E-state index in [4.69, 9.17) is 4.74 Å². The normalized spacial score (nSPS) is 15.4. The number of anilines is 3. The largest absolute Gasteiger partial charge is 0.466 e. The summed E-state index contributed by atoms with van der Waals surface area (Å²) in [5.74, 6) is 0.479. The number of piperidine rings is 1. The number of hydrogen-bond acceptors (Lipinski definition) is 8. The zero-order valence-electron chi connectivity index (χ0n) is 18.2. The molecule has 1 aromatic heterocycles. The van der Waals surface area contributed by atoms with Crippen molar-refractivity contribution in [1.82, 2.24) is 9.97 Å². The molecule has 2 aromatic rings. The smallest absolute Gasteiger partial charge is 0.353 e. The summed E-state index contributed by atoms with van der Waals surface area (Å²) < 4.78 is 5.10. The van der Waals surface area contributed by atoms with E-state index in [1.165, 1.54) is 11.9 Å². The van der Waals surface area contributed by atoms with Gasteiger partial charge in [0, 0.05) is 18.8 Å². The van der Waals surface area contributed by atoms with Crippen LogP contribution in [0.2, 0.25) is 0 Å². The molecule has 0 amide bonds. The zero-order chi connectivity index (χ0) is 22.4. The number of nitrogens with one attached hydrogen (secondary N) is 1. The van der Waals surface area contributed by atoms with Crippen LogP contribution in [0.3, 0.4) is 0 Å². The van der Waals surface area contributed by atoms with Crippen LogP contribution in [0.1, 0.15) is 51.5 Å². The van der Waals surface area contributed by atoms with Gasteiger partial charge in [0.15, 0.2) is 0 Å². The standard InChI is InChI=1S/C22H29N5O4/c1-4-15(3)16-6-8-18(9-7-16)25-20-19(27(29)30)21(24-14-23-20)26-12-10-17(11-13-26)22(28)31-5-2/h6-9,14-15,17H,4-5,10-13H2,1-3H3,(H,23,24,25). The van der Waals surface area contributed by atoms with Crippen molar-refractivity contribution in [3.63, 3.8) is 0 Å². The van der Waals surface area contributed by atoms with Gasteiger partial charge in [-0.2, -0.15) is 0 Å². The number of ether oxygens (including phenoxy) is 1. The summed E-state index contributed by atoms with van der Waals surface area (Å²) in [4.78, 5) is 33.6. The Hall–Kier alpha value is -3.23. The highest BCUT2D eigenvalue weighted by atomic mass is 16.6. The Balaban J connectivity index is 1.79. The molecule has 9 nitrogen and oxygen atoms in total. The number of hydrogen-bond donors (Lipinski definition) is 1. The monoisotopic (exact) mass is 427 g/mol. The van der Waals surface area contributed by atoms with Gasteiger partial charge in [-0.25, -0.2) is 9.97 Å². The molecular formula is C22H29N5O4. The quantitative estimate of drug-likeness (QED) is 0.374. The van der Waals surface area contributed by atoms with E-state index in [0.29, 0.717) is 38.5 Å². The molecule has 1 N–H and O–H groups in total. The van der Waals surface area contributed by atoms with E-state index in [0.717, 1.165) is 12.1 Å². The van der Waals surface area contributed by atoms with E-state index in [2.05, 4.69) is 29.1 Å². The number of carbonyl (C=O) groups excluding carboxylic acids is 1. The van der Waals surface area contributed by atoms with Crippen molar-refractivity contribution in [3.05, 3.63) is 46.3 Å². The molecule has 1 aliphatic heterocycles. The predicted octanol–water partition coefficient (Wildman–Crippen LogP) is 4.42. The van der Waals surface area contributed by atoms with Crippen molar-refractivity contribution in [2.45, 2.75) is 46.0 Å². The Labute approximate surface area is 182 Å². The third kappa shape index (κ3) is 5.28. The number of carbonyl (C=O) groups is 1. The maximum Gasteiger partial charge on any atom is 0.353 e. The average Bonchev–Trinajstić information content (AvgIpc) is 2.79. The van der Waals surface area contributed by atoms with Crippen LogP contribution in [0.5, 0.6) is 0 Å². The molecule has 1 atom stereocenters. The molecule has 166 valence electrons. The van der Waals surface area contributed by atoms with Crippen LogP contribution >= 0.6 is 0 Å². The molecule has 0 radical (unpaired) electrons. The van der Waals surface area contributed by atoms with Gasteiger partial charge in [0.05, 0.1) is 17.4 Å². The summed E-state index contributed by atoms with van der Waals surface area (Å²) in [6, 6.07) is 7.84. The first-order chi connectivity index (χ1) is 14.9. The predicted molar refractivity (Wildman–Crippen MR) is 119 cm³/mol. The summed E-state index contributed by atoms with van der Waals surface area (Å²) in [5.41, 5.74) is 1.78. The fraction of sp³-hybridized carbons (Fsp3) is 0.500. The number of benzene rings is 1. The van der Waals surface area contributed by atoms with Crippen LogP contribution in [0, 0.1) is 16.0 Å². The Morgan fingerprint density at radius 3 is 2.52 bits per heavy atom. The minimum Gasteiger partial charge on any atom is -0.466 e. The molecule has 0 aliphatic carbocycles. The topological polar surface area (TPSA) is 110 Å². The van der Waals surface area contributed by atoms with Crippen molar-refractivity contribution in [1.29, 1.82) is 0 Å². The molecule has 1 aromatic carbocycles. The van der Waals surface area contributed by atoms with Crippen molar-refractivity contribution in [2.24, 2.45) is 5.92 Å². The van der Waals surface area contributed by atoms with Crippen molar-refractivity contribution < 1.29 is 14.5 Å². The van der Waals surface area contributed by atoms with Gasteiger partial charge in [-0.3, -0.25) is 14.9 Å². The van der Waals surface area contributed by atoms with Crippen LogP contribution in [0.4, 0.5) is 23.0 Å². The first-order valence-electron chi connectivity index (χ1n) is 10.7. The molecule has 1 fully saturated rings. The van der Waals surface area contributed by atoms with Crippen LogP contribution in [0.25, 0.3) is 0 Å². The highest BCUT2D eigenvalue weighted by Crippen LogP contribution is 2.35. The highest BCUT2D eigenvalue weighted by molar-refractivity contribution is 5.76. The number of nitrogens with zero attached hydrogens (tertiary/aromatic N) is 4. The molecule has 31 heavy (non-hydrogen) atoms. The molecule has 0 saturated carbocycles. The lowest BCUT2D eigenvalue weighted by Crippen LogP contribution is -2.37. The summed E-state index contributed by atoms with van der Waals surface area (Å²) in [6.07, 6.45) is 3.51. The van der Waals surface area contributed by atoms with Gasteiger partial charge in [-0.15, -0.1) is 0 Å². The third-order valence-electron chi connectivity index (χ3n) is 5.75. The zero-order valence-corrected chi connectivity index (χ0v) is 18.2. The average molecular weight is 428 g/mol. The van der Waals surface area contributed by atoms with Gasteiger partial charge in [0.25, 0.3) is 0 Å². The molecular weight excluding hydrogens is 398 g/mol. The van der Waals surface area contributed by atoms with E-state index in [1.54, 1.807) is 6.92 Å². The lowest BCUT2D eigenvalue weighted by molar-refractivity contribution is -0.383. The van der Waals surface area contributed by atoms with Gasteiger partial charge >= 0.3 is 11.7 Å². The second-order valence-corrected chi connectivity index (χ2v) is 7.72. The second kappa shape index (κ2) is 10.2. The lowest BCUT2D eigenvalue weighted by Gasteiger charge is -2.31. The van der Waals surface area contributed by atoms with Crippen molar-refractivity contribution in [2.75, 3.05) is 29.9 Å². The summed E-state index contributed by atoms with van der Waals surface area (Å²) >= 11 is 0. The van der Waals surface area contributed by atoms with Gasteiger partial charge in [-0.1, -0.05) is 26.0 Å². The number of aromatic nitrogens is 2. The van der Waals surface area contributed by atoms with Crippen LogP contribution in [0.15, 0.2) is 30.6 Å². The maximum absolute atomic E-state index is 12.0. The summed E-state index contributed by atoms with van der Waals surface area (Å²) in [7, 11) is 0. The fourth-order valence-electron chi connectivity index (χ4n) is 3.71. The van der Waals surface area contributed by atoms with Gasteiger partial charge in [0.1, 0.15) is 6.33 Å². The first-order valence-corrected chi connectivity index (χ1v) is 10.7. The highest BCUT2D eigenvalue weighted by Gasteiger charge is 2.32. The van der Waals surface area contributed by atoms with E-state index >= 15 is 0 Å². The van der Waals surface area contributed by atoms with E-state index in [9.17, 15) is 14.9 Å². The lowest BCUT2D eigenvalue weighted by atomic mass is 9.97. The Kier molecular flexibility index (Phi) is 7.38. The molecule has 3 rings (SSSR count). The van der Waals surface area contributed by atoms with Gasteiger partial charge in [0.2, 0.25) is 11.6 Å². The minimum atomic E-state index is -0.456. The number of rotatable bonds is 8. The molecule has 0 bridgehead atoms. The Bertz CT molecular complexity index is 911. The van der Waals surface area contributed by atoms with E-state index < -0.39 is 4.92 Å². The molecule has 1 aliphatic rings. The van der Waals surface area contributed by atoms with Crippen molar-refractivity contribution >= 4 is 29.0 Å². The third-order valence-corrected chi connectivity index (χ3v) is 5.75. The second-order valence-electron chi connectivity index (χ2n) is 7.72. The molecule has 9 heteroatoms. The van der Waals surface area contributed by atoms with E-state index in [1.807, 2.05) is 29.2 Å². The Morgan fingerprint density at radius 1 is 1.26 bits per heavy atom. The number of nitro groups is 1. The van der Waals surface area contributed by atoms with Gasteiger partial charge < -0.3 is 15.0 Å². The summed E-state index contributed by atoms with van der Waals surface area (Å²) in [5, 5.41) is 15.0. The van der Waals surface area contributed by atoms with Crippen LogP contribution in [-0.4, -0.2) is 40.6 Å². The van der Waals surface area contributed by atoms with E-state index in [-0.39, 0.29) is 29.2 Å². The summed E-state index contributed by atoms with van der Waals surface area (Å²) in [6.45, 7) is 7.41. The molecule has 1 unspecified atom stereocenters. The SMILES string of the molecule is CCOC(=O)C1CCN(c2ncnc(Nc3ccc(C(C)CC)cc3)c2[N+](=O)[O-])CC1. The maximum atomic E-state index is 12.0. The first kappa shape index (κ1) is 22.5. The molecule has 0 spiro atoms. The number of esters is 1. The van der Waals surface area contributed by atoms with Crippen molar-refractivity contribution in [3.8, 4) is 0 Å². The van der Waals surface area contributed by atoms with Crippen LogP contribution < -0.4 is 10.2 Å². The van der Waals surface area contributed by atoms with Crippen LogP contribution in [-0.2, 0) is 9.53 Å². The van der Waals surface area contributed by atoms with Gasteiger partial charge in [-0.05, 0) is 49.8 Å². The minimum absolute atomic E-state index is 0.152. The fourth-order valence-corrected chi connectivity index (χ4v) is 3.71.